The number of ether oxygens (including phenoxy) is 1. The second-order valence-corrected chi connectivity index (χ2v) is 7.88. The first-order chi connectivity index (χ1) is 12.4. The van der Waals surface area contributed by atoms with E-state index in [2.05, 4.69) is 5.32 Å². The number of anilines is 1. The SMILES string of the molecule is Cc1ccc(O[C@H](C)C(=O)Nc2sc3c(c2C(N)=O)CCCC3)cc1C. The predicted octanol–water partition coefficient (Wildman–Crippen LogP) is 3.75. The molecule has 1 heterocycles. The summed E-state index contributed by atoms with van der Waals surface area (Å²) in [6.07, 6.45) is 3.24. The third-order valence-electron chi connectivity index (χ3n) is 4.81. The zero-order valence-corrected chi connectivity index (χ0v) is 16.2. The molecular weight excluding hydrogens is 348 g/mol. The van der Waals surface area contributed by atoms with Crippen LogP contribution in [-0.4, -0.2) is 17.9 Å². The van der Waals surface area contributed by atoms with E-state index in [1.165, 1.54) is 16.9 Å². The van der Waals surface area contributed by atoms with Crippen LogP contribution in [0.5, 0.6) is 5.75 Å². The quantitative estimate of drug-likeness (QED) is 0.839. The van der Waals surface area contributed by atoms with Gasteiger partial charge in [0.2, 0.25) is 0 Å². The van der Waals surface area contributed by atoms with Crippen LogP contribution in [0.15, 0.2) is 18.2 Å². The normalized spacial score (nSPS) is 14.4. The van der Waals surface area contributed by atoms with Crippen molar-refractivity contribution < 1.29 is 14.3 Å². The van der Waals surface area contributed by atoms with Crippen LogP contribution in [0.1, 0.15) is 51.7 Å². The summed E-state index contributed by atoms with van der Waals surface area (Å²) in [7, 11) is 0. The molecule has 0 fully saturated rings. The van der Waals surface area contributed by atoms with Crippen LogP contribution >= 0.6 is 11.3 Å². The molecule has 1 atom stereocenters. The van der Waals surface area contributed by atoms with Gasteiger partial charge in [0.1, 0.15) is 10.8 Å². The number of aryl methyl sites for hydroxylation is 3. The van der Waals surface area contributed by atoms with Gasteiger partial charge in [0.15, 0.2) is 6.10 Å². The van der Waals surface area contributed by atoms with Crippen LogP contribution in [0.3, 0.4) is 0 Å². The molecule has 0 bridgehead atoms. The third-order valence-corrected chi connectivity index (χ3v) is 6.02. The monoisotopic (exact) mass is 372 g/mol. The molecule has 6 heteroatoms. The summed E-state index contributed by atoms with van der Waals surface area (Å²) >= 11 is 1.46. The Kier molecular flexibility index (Phi) is 5.32. The number of primary amides is 1. The van der Waals surface area contributed by atoms with Crippen molar-refractivity contribution in [2.45, 2.75) is 52.6 Å². The first kappa shape index (κ1) is 18.5. The van der Waals surface area contributed by atoms with Crippen molar-refractivity contribution in [2.75, 3.05) is 5.32 Å². The lowest BCUT2D eigenvalue weighted by Gasteiger charge is -2.15. The van der Waals surface area contributed by atoms with Crippen molar-refractivity contribution in [3.8, 4) is 5.75 Å². The molecule has 138 valence electrons. The highest BCUT2D eigenvalue weighted by molar-refractivity contribution is 7.17. The minimum absolute atomic E-state index is 0.288. The summed E-state index contributed by atoms with van der Waals surface area (Å²) in [4.78, 5) is 25.6. The molecule has 3 N–H and O–H groups in total. The van der Waals surface area contributed by atoms with E-state index in [0.717, 1.165) is 41.7 Å². The molecule has 2 amide bonds. The van der Waals surface area contributed by atoms with Gasteiger partial charge in [0.05, 0.1) is 5.56 Å². The van der Waals surface area contributed by atoms with E-state index in [0.29, 0.717) is 16.3 Å². The molecular formula is C20H24N2O3S. The number of thiophene rings is 1. The van der Waals surface area contributed by atoms with Gasteiger partial charge in [0.25, 0.3) is 11.8 Å². The molecule has 1 aliphatic carbocycles. The van der Waals surface area contributed by atoms with Crippen molar-refractivity contribution in [3.63, 3.8) is 0 Å². The maximum atomic E-state index is 12.6. The molecule has 26 heavy (non-hydrogen) atoms. The molecule has 1 aromatic heterocycles. The number of nitrogens with one attached hydrogen (secondary N) is 1. The molecule has 3 rings (SSSR count). The molecule has 1 aliphatic rings. The van der Waals surface area contributed by atoms with E-state index in [4.69, 9.17) is 10.5 Å². The molecule has 2 aromatic rings. The molecule has 0 saturated heterocycles. The van der Waals surface area contributed by atoms with Crippen LogP contribution in [0.25, 0.3) is 0 Å². The number of nitrogens with two attached hydrogens (primary N) is 1. The van der Waals surface area contributed by atoms with Crippen LogP contribution in [0.2, 0.25) is 0 Å². The van der Waals surface area contributed by atoms with Crippen LogP contribution < -0.4 is 15.8 Å². The summed E-state index contributed by atoms with van der Waals surface area (Å²) in [6, 6.07) is 5.73. The highest BCUT2D eigenvalue weighted by Crippen LogP contribution is 2.38. The van der Waals surface area contributed by atoms with Crippen LogP contribution in [-0.2, 0) is 17.6 Å². The molecule has 1 aromatic carbocycles. The Morgan fingerprint density at radius 2 is 1.92 bits per heavy atom. The fourth-order valence-corrected chi connectivity index (χ4v) is 4.47. The van der Waals surface area contributed by atoms with E-state index in [1.54, 1.807) is 6.92 Å². The van der Waals surface area contributed by atoms with E-state index in [-0.39, 0.29) is 5.91 Å². The van der Waals surface area contributed by atoms with E-state index >= 15 is 0 Å². The highest BCUT2D eigenvalue weighted by Gasteiger charge is 2.26. The topological polar surface area (TPSA) is 81.4 Å². The molecule has 0 spiro atoms. The van der Waals surface area contributed by atoms with Gasteiger partial charge >= 0.3 is 0 Å². The smallest absolute Gasteiger partial charge is 0.265 e. The van der Waals surface area contributed by atoms with Gasteiger partial charge in [-0.15, -0.1) is 11.3 Å². The number of amides is 2. The van der Waals surface area contributed by atoms with Crippen molar-refractivity contribution in [1.82, 2.24) is 0 Å². The summed E-state index contributed by atoms with van der Waals surface area (Å²) in [5.41, 5.74) is 9.33. The zero-order valence-electron chi connectivity index (χ0n) is 15.3. The predicted molar refractivity (Wildman–Crippen MR) is 104 cm³/mol. The van der Waals surface area contributed by atoms with Gasteiger partial charge in [-0.25, -0.2) is 0 Å². The third kappa shape index (κ3) is 3.75. The average Bonchev–Trinajstić information content (AvgIpc) is 2.96. The van der Waals surface area contributed by atoms with Gasteiger partial charge in [-0.1, -0.05) is 6.07 Å². The number of hydrogen-bond donors (Lipinski definition) is 2. The Morgan fingerprint density at radius 1 is 1.19 bits per heavy atom. The second-order valence-electron chi connectivity index (χ2n) is 6.77. The lowest BCUT2D eigenvalue weighted by Crippen LogP contribution is -2.30. The number of benzene rings is 1. The summed E-state index contributed by atoms with van der Waals surface area (Å²) in [5, 5.41) is 3.40. The van der Waals surface area contributed by atoms with Crippen molar-refractivity contribution in [3.05, 3.63) is 45.3 Å². The first-order valence-electron chi connectivity index (χ1n) is 8.86. The minimum Gasteiger partial charge on any atom is -0.481 e. The first-order valence-corrected chi connectivity index (χ1v) is 9.67. The largest absolute Gasteiger partial charge is 0.481 e. The number of carbonyl (C=O) groups is 2. The number of fused-ring (bicyclic) bond motifs is 1. The second kappa shape index (κ2) is 7.50. The summed E-state index contributed by atoms with van der Waals surface area (Å²) < 4.78 is 5.76. The van der Waals surface area contributed by atoms with Crippen LogP contribution in [0, 0.1) is 13.8 Å². The molecule has 0 aliphatic heterocycles. The Labute approximate surface area is 157 Å². The number of rotatable bonds is 5. The van der Waals surface area contributed by atoms with Gasteiger partial charge in [0, 0.05) is 4.88 Å². The average molecular weight is 372 g/mol. The summed E-state index contributed by atoms with van der Waals surface area (Å²) in [6.45, 7) is 5.73. The maximum absolute atomic E-state index is 12.6. The molecule has 0 unspecified atom stereocenters. The zero-order chi connectivity index (χ0) is 18.8. The maximum Gasteiger partial charge on any atom is 0.265 e. The van der Waals surface area contributed by atoms with Gasteiger partial charge in [-0.2, -0.15) is 0 Å². The highest BCUT2D eigenvalue weighted by atomic mass is 32.1. The standard InChI is InChI=1S/C20H24N2O3S/c1-11-8-9-14(10-12(11)2)25-13(3)19(24)22-20-17(18(21)23)15-6-4-5-7-16(15)26-20/h8-10,13H,4-7H2,1-3H3,(H2,21,23)(H,22,24)/t13-/m1/s1. The summed E-state index contributed by atoms with van der Waals surface area (Å²) in [5.74, 6) is -0.122. The fourth-order valence-electron chi connectivity index (χ4n) is 3.17. The minimum atomic E-state index is -0.683. The molecule has 0 radical (unpaired) electrons. The van der Waals surface area contributed by atoms with Gasteiger partial charge in [-0.05, 0) is 75.3 Å². The van der Waals surface area contributed by atoms with Crippen molar-refractivity contribution in [2.24, 2.45) is 5.73 Å². The Balaban J connectivity index is 1.76. The Morgan fingerprint density at radius 3 is 2.62 bits per heavy atom. The van der Waals surface area contributed by atoms with E-state index in [9.17, 15) is 9.59 Å². The van der Waals surface area contributed by atoms with Gasteiger partial charge in [-0.3, -0.25) is 9.59 Å². The Hall–Kier alpha value is -2.34. The Bertz CT molecular complexity index is 857. The molecule has 5 nitrogen and oxygen atoms in total. The van der Waals surface area contributed by atoms with Crippen molar-refractivity contribution in [1.29, 1.82) is 0 Å². The molecule has 0 saturated carbocycles. The number of hydrogen-bond acceptors (Lipinski definition) is 4. The van der Waals surface area contributed by atoms with E-state index in [1.807, 2.05) is 32.0 Å². The van der Waals surface area contributed by atoms with Gasteiger partial charge < -0.3 is 15.8 Å². The van der Waals surface area contributed by atoms with Crippen molar-refractivity contribution >= 4 is 28.2 Å². The fraction of sp³-hybridized carbons (Fsp3) is 0.400. The van der Waals surface area contributed by atoms with E-state index < -0.39 is 12.0 Å². The lowest BCUT2D eigenvalue weighted by atomic mass is 9.95. The lowest BCUT2D eigenvalue weighted by molar-refractivity contribution is -0.122. The van der Waals surface area contributed by atoms with Crippen LogP contribution in [0.4, 0.5) is 5.00 Å². The number of carbonyl (C=O) groups excluding carboxylic acids is 2.